The monoisotopic (exact) mass is 441 g/mol. The third kappa shape index (κ3) is 3.95. The van der Waals surface area contributed by atoms with Gasteiger partial charge in [0.25, 0.3) is 11.5 Å². The van der Waals surface area contributed by atoms with Crippen molar-refractivity contribution in [2.45, 2.75) is 33.2 Å². The summed E-state index contributed by atoms with van der Waals surface area (Å²) >= 11 is 0. The van der Waals surface area contributed by atoms with E-state index >= 15 is 0 Å². The van der Waals surface area contributed by atoms with Crippen LogP contribution in [0.3, 0.4) is 0 Å². The van der Waals surface area contributed by atoms with Gasteiger partial charge in [0.1, 0.15) is 17.7 Å². The van der Waals surface area contributed by atoms with Crippen molar-refractivity contribution in [3.05, 3.63) is 87.7 Å². The van der Waals surface area contributed by atoms with Crippen molar-refractivity contribution in [3.63, 3.8) is 0 Å². The summed E-state index contributed by atoms with van der Waals surface area (Å²) in [6, 6.07) is 12.9. The van der Waals surface area contributed by atoms with E-state index in [0.29, 0.717) is 29.9 Å². The zero-order valence-electron chi connectivity index (χ0n) is 18.4. The largest absolute Gasteiger partial charge is 0.348 e. The van der Waals surface area contributed by atoms with Crippen LogP contribution in [0, 0.1) is 5.41 Å². The summed E-state index contributed by atoms with van der Waals surface area (Å²) in [5.41, 5.74) is 2.89. The molecule has 3 heterocycles. The molecule has 0 spiro atoms. The number of hydrogen-bond acceptors (Lipinski definition) is 5. The van der Waals surface area contributed by atoms with Crippen LogP contribution in [0.2, 0.25) is 0 Å². The fourth-order valence-corrected chi connectivity index (χ4v) is 4.28. The molecule has 0 atom stereocenters. The van der Waals surface area contributed by atoms with Crippen LogP contribution in [0.1, 0.15) is 52.2 Å². The number of carbonyl (C=O) groups excluding carboxylic acids is 2. The summed E-state index contributed by atoms with van der Waals surface area (Å²) in [6.45, 7) is 4.18. The molecule has 3 aromatic heterocycles. The minimum atomic E-state index is -0.527. The molecule has 1 amide bonds. The van der Waals surface area contributed by atoms with Gasteiger partial charge in [-0.2, -0.15) is 0 Å². The number of carbonyl (C=O) groups is 2. The highest BCUT2D eigenvalue weighted by atomic mass is 16.2. The molecule has 1 aromatic carbocycles. The zero-order chi connectivity index (χ0) is 23.2. The number of ketones is 1. The van der Waals surface area contributed by atoms with E-state index in [9.17, 15) is 14.4 Å². The maximum absolute atomic E-state index is 12.7. The van der Waals surface area contributed by atoms with E-state index in [1.165, 1.54) is 6.07 Å². The number of hydrogen-bond donors (Lipinski definition) is 2. The summed E-state index contributed by atoms with van der Waals surface area (Å²) in [5.74, 6) is 0.131. The molecule has 1 aliphatic carbocycles. The Bertz CT molecular complexity index is 1450. The Morgan fingerprint density at radius 2 is 1.94 bits per heavy atom. The zero-order valence-corrected chi connectivity index (χ0v) is 18.4. The van der Waals surface area contributed by atoms with Crippen LogP contribution in [0.4, 0.5) is 0 Å². The van der Waals surface area contributed by atoms with E-state index in [-0.39, 0.29) is 23.3 Å². The molecule has 1 aliphatic rings. The molecule has 2 N–H and O–H groups in total. The van der Waals surface area contributed by atoms with Crippen LogP contribution in [0.5, 0.6) is 0 Å². The van der Waals surface area contributed by atoms with Crippen LogP contribution in [0.25, 0.3) is 16.9 Å². The number of Topliss-reactive ketones (excluding diaryl/α,β-unsaturated/α-hetero) is 1. The van der Waals surface area contributed by atoms with Gasteiger partial charge in [-0.15, -0.1) is 0 Å². The lowest BCUT2D eigenvalue weighted by Crippen LogP contribution is -2.34. The minimum Gasteiger partial charge on any atom is -0.348 e. The van der Waals surface area contributed by atoms with Crippen LogP contribution in [-0.2, 0) is 13.0 Å². The van der Waals surface area contributed by atoms with E-state index in [2.05, 4.69) is 20.3 Å². The Balaban J connectivity index is 1.31. The number of pyridine rings is 2. The van der Waals surface area contributed by atoms with Gasteiger partial charge in [0.05, 0.1) is 11.0 Å². The van der Waals surface area contributed by atoms with Gasteiger partial charge in [-0.25, -0.2) is 9.97 Å². The maximum Gasteiger partial charge on any atom is 0.261 e. The second-order valence-electron chi connectivity index (χ2n) is 9.16. The van der Waals surface area contributed by atoms with Crippen LogP contribution >= 0.6 is 0 Å². The number of fused-ring (bicyclic) bond motifs is 2. The van der Waals surface area contributed by atoms with E-state index < -0.39 is 11.5 Å². The highest BCUT2D eigenvalue weighted by molar-refractivity contribution is 6.02. The van der Waals surface area contributed by atoms with E-state index in [1.807, 2.05) is 54.8 Å². The van der Waals surface area contributed by atoms with E-state index in [4.69, 9.17) is 0 Å². The summed E-state index contributed by atoms with van der Waals surface area (Å²) in [4.78, 5) is 49.3. The lowest BCUT2D eigenvalue weighted by molar-refractivity contribution is 0.0910. The van der Waals surface area contributed by atoms with Crippen molar-refractivity contribution < 1.29 is 9.59 Å². The van der Waals surface area contributed by atoms with Gasteiger partial charge >= 0.3 is 0 Å². The van der Waals surface area contributed by atoms with Gasteiger partial charge in [-0.05, 0) is 41.7 Å². The summed E-state index contributed by atoms with van der Waals surface area (Å²) in [6.07, 6.45) is 4.37. The first-order chi connectivity index (χ1) is 15.8. The first-order valence-corrected chi connectivity index (χ1v) is 10.8. The quantitative estimate of drug-likeness (QED) is 0.505. The number of aromatic amines is 1. The molecular weight excluding hydrogens is 418 g/mol. The predicted molar refractivity (Wildman–Crippen MR) is 124 cm³/mol. The molecule has 33 heavy (non-hydrogen) atoms. The third-order valence-corrected chi connectivity index (χ3v) is 5.92. The molecule has 4 aromatic rings. The molecule has 5 rings (SSSR count). The summed E-state index contributed by atoms with van der Waals surface area (Å²) < 4.78 is 1.89. The normalized spacial score (nSPS) is 14.8. The number of amides is 1. The highest BCUT2D eigenvalue weighted by Crippen LogP contribution is 2.33. The molecule has 0 bridgehead atoms. The Hall–Kier alpha value is -4.07. The Labute approximate surface area is 189 Å². The number of rotatable bonds is 4. The fraction of sp³-hybridized carbons (Fsp3) is 0.240. The molecule has 0 saturated carbocycles. The third-order valence-electron chi connectivity index (χ3n) is 5.92. The van der Waals surface area contributed by atoms with Crippen molar-refractivity contribution in [2.75, 3.05) is 0 Å². The number of imidazole rings is 1. The van der Waals surface area contributed by atoms with Gasteiger partial charge in [0.2, 0.25) is 0 Å². The lowest BCUT2D eigenvalue weighted by Gasteiger charge is -2.29. The topological polar surface area (TPSA) is 110 Å². The van der Waals surface area contributed by atoms with Crippen molar-refractivity contribution in [1.29, 1.82) is 0 Å². The number of nitrogens with one attached hydrogen (secondary N) is 2. The Morgan fingerprint density at radius 3 is 2.73 bits per heavy atom. The molecule has 0 aliphatic heterocycles. The fourth-order valence-electron chi connectivity index (χ4n) is 4.28. The van der Waals surface area contributed by atoms with Crippen molar-refractivity contribution in [3.8, 4) is 5.82 Å². The summed E-state index contributed by atoms with van der Waals surface area (Å²) in [5, 5.41) is 2.75. The highest BCUT2D eigenvalue weighted by Gasteiger charge is 2.32. The molecular formula is C25H23N5O3. The second kappa shape index (κ2) is 7.81. The average molecular weight is 441 g/mol. The van der Waals surface area contributed by atoms with Crippen molar-refractivity contribution in [1.82, 2.24) is 24.8 Å². The first kappa shape index (κ1) is 20.8. The number of aromatic nitrogens is 4. The SMILES string of the molecule is CC1(C)CC(=O)c2cc(C(=O)NCc3ccc(-n4cnc5ccccc54)nc3)c(=O)[nH]c2C1. The van der Waals surface area contributed by atoms with Crippen LogP contribution < -0.4 is 10.9 Å². The summed E-state index contributed by atoms with van der Waals surface area (Å²) in [7, 11) is 0. The average Bonchev–Trinajstić information content (AvgIpc) is 3.21. The second-order valence-corrected chi connectivity index (χ2v) is 9.16. The van der Waals surface area contributed by atoms with Crippen molar-refractivity contribution >= 4 is 22.7 Å². The van der Waals surface area contributed by atoms with Crippen LogP contribution in [-0.4, -0.2) is 31.2 Å². The van der Waals surface area contributed by atoms with Crippen molar-refractivity contribution in [2.24, 2.45) is 5.41 Å². The number of nitrogens with zero attached hydrogens (tertiary/aromatic N) is 3. The van der Waals surface area contributed by atoms with E-state index in [1.54, 1.807) is 12.5 Å². The van der Waals surface area contributed by atoms with Gasteiger partial charge in [-0.3, -0.25) is 19.0 Å². The predicted octanol–water partition coefficient (Wildman–Crippen LogP) is 3.19. The first-order valence-electron chi connectivity index (χ1n) is 10.8. The Kier molecular flexibility index (Phi) is 4.92. The molecule has 0 fully saturated rings. The molecule has 8 heteroatoms. The van der Waals surface area contributed by atoms with Gasteiger partial charge < -0.3 is 10.3 Å². The lowest BCUT2D eigenvalue weighted by atomic mass is 9.75. The smallest absolute Gasteiger partial charge is 0.261 e. The molecule has 166 valence electrons. The van der Waals surface area contributed by atoms with Gasteiger partial charge in [0, 0.05) is 30.4 Å². The molecule has 0 saturated heterocycles. The molecule has 0 unspecified atom stereocenters. The number of para-hydroxylation sites is 2. The molecule has 8 nitrogen and oxygen atoms in total. The van der Waals surface area contributed by atoms with Gasteiger partial charge in [0.15, 0.2) is 5.78 Å². The minimum absolute atomic E-state index is 0.0571. The van der Waals surface area contributed by atoms with Crippen LogP contribution in [0.15, 0.2) is 59.8 Å². The number of H-pyrrole nitrogens is 1. The van der Waals surface area contributed by atoms with E-state index in [0.717, 1.165) is 16.6 Å². The standard InChI is InChI=1S/C25H23N5O3/c1-25(2)10-19-16(21(31)11-25)9-17(24(33)29-19)23(32)27-13-15-7-8-22(26-12-15)30-14-28-18-5-3-4-6-20(18)30/h3-9,12,14H,10-11,13H2,1-2H3,(H,27,32)(H,29,33). The maximum atomic E-state index is 12.7. The Morgan fingerprint density at radius 1 is 1.12 bits per heavy atom. The van der Waals surface area contributed by atoms with Gasteiger partial charge in [-0.1, -0.05) is 32.0 Å². The molecule has 0 radical (unpaired) electrons. The number of benzene rings is 1.